The summed E-state index contributed by atoms with van der Waals surface area (Å²) in [5, 5.41) is 3.39. The van der Waals surface area contributed by atoms with E-state index in [1.54, 1.807) is 0 Å². The van der Waals surface area contributed by atoms with Crippen LogP contribution in [0.3, 0.4) is 0 Å². The highest BCUT2D eigenvalue weighted by Crippen LogP contribution is 2.57. The Morgan fingerprint density at radius 1 is 1.12 bits per heavy atom. The summed E-state index contributed by atoms with van der Waals surface area (Å²) >= 11 is 0. The minimum atomic E-state index is 0.558. The van der Waals surface area contributed by atoms with Gasteiger partial charge in [0.2, 0.25) is 0 Å². The predicted octanol–water partition coefficient (Wildman–Crippen LogP) is 2.41. The lowest BCUT2D eigenvalue weighted by molar-refractivity contribution is 0.113. The van der Waals surface area contributed by atoms with Gasteiger partial charge in [-0.15, -0.1) is 0 Å². The van der Waals surface area contributed by atoms with Crippen molar-refractivity contribution in [2.45, 2.75) is 63.8 Å². The maximum atomic E-state index is 6.00. The molecule has 3 aliphatic rings. The first-order chi connectivity index (χ1) is 8.28. The number of nitrogens with two attached hydrogens (primary N) is 1. The van der Waals surface area contributed by atoms with Gasteiger partial charge in [-0.3, -0.25) is 4.99 Å². The third-order valence-electron chi connectivity index (χ3n) is 5.06. The molecule has 3 aliphatic carbocycles. The SMILES string of the molecule is NC(=NCC1(C2CC2)CCC1)NC1CCCC1. The molecule has 0 radical (unpaired) electrons. The fourth-order valence-electron chi connectivity index (χ4n) is 3.59. The second-order valence-corrected chi connectivity index (χ2v) is 6.32. The van der Waals surface area contributed by atoms with Crippen LogP contribution in [0.15, 0.2) is 4.99 Å². The van der Waals surface area contributed by atoms with Crippen LogP contribution in [0.2, 0.25) is 0 Å². The standard InChI is InChI=1S/C14H25N3/c15-13(17-12-4-1-2-5-12)16-10-14(8-3-9-14)11-6-7-11/h11-12H,1-10H2,(H3,15,16,17). The van der Waals surface area contributed by atoms with E-state index < -0.39 is 0 Å². The molecule has 0 bridgehead atoms. The van der Waals surface area contributed by atoms with Crippen LogP contribution in [-0.2, 0) is 0 Å². The zero-order valence-corrected chi connectivity index (χ0v) is 10.8. The van der Waals surface area contributed by atoms with E-state index in [9.17, 15) is 0 Å². The average Bonchev–Trinajstić information content (AvgIpc) is 2.97. The van der Waals surface area contributed by atoms with E-state index in [1.807, 2.05) is 0 Å². The van der Waals surface area contributed by atoms with Crippen LogP contribution < -0.4 is 11.1 Å². The summed E-state index contributed by atoms with van der Waals surface area (Å²) in [4.78, 5) is 4.63. The fourth-order valence-corrected chi connectivity index (χ4v) is 3.59. The third-order valence-corrected chi connectivity index (χ3v) is 5.06. The molecule has 3 saturated carbocycles. The van der Waals surface area contributed by atoms with Crippen molar-refractivity contribution in [3.05, 3.63) is 0 Å². The van der Waals surface area contributed by atoms with Gasteiger partial charge in [-0.25, -0.2) is 0 Å². The number of guanidine groups is 1. The van der Waals surface area contributed by atoms with Crippen molar-refractivity contribution in [2.24, 2.45) is 22.1 Å². The molecule has 0 spiro atoms. The first kappa shape index (κ1) is 11.4. The molecule has 3 heteroatoms. The van der Waals surface area contributed by atoms with Crippen molar-refractivity contribution in [1.29, 1.82) is 0 Å². The molecule has 0 aliphatic heterocycles. The summed E-state index contributed by atoms with van der Waals surface area (Å²) in [5.41, 5.74) is 6.56. The second kappa shape index (κ2) is 4.51. The van der Waals surface area contributed by atoms with Gasteiger partial charge in [0, 0.05) is 12.6 Å². The molecule has 3 rings (SSSR count). The summed E-state index contributed by atoms with van der Waals surface area (Å²) in [6.45, 7) is 0.975. The molecular weight excluding hydrogens is 210 g/mol. The van der Waals surface area contributed by atoms with Crippen molar-refractivity contribution >= 4 is 5.96 Å². The zero-order valence-electron chi connectivity index (χ0n) is 10.8. The molecule has 0 unspecified atom stereocenters. The van der Waals surface area contributed by atoms with Crippen LogP contribution in [-0.4, -0.2) is 18.5 Å². The Hall–Kier alpha value is -0.730. The Labute approximate surface area is 104 Å². The Morgan fingerprint density at radius 2 is 1.82 bits per heavy atom. The molecule has 96 valence electrons. The van der Waals surface area contributed by atoms with Crippen LogP contribution in [0.1, 0.15) is 57.8 Å². The van der Waals surface area contributed by atoms with E-state index in [4.69, 9.17) is 5.73 Å². The molecule has 0 aromatic carbocycles. The van der Waals surface area contributed by atoms with Crippen molar-refractivity contribution in [1.82, 2.24) is 5.32 Å². The minimum absolute atomic E-state index is 0.558. The van der Waals surface area contributed by atoms with Gasteiger partial charge >= 0.3 is 0 Å². The van der Waals surface area contributed by atoms with Crippen LogP contribution in [0.5, 0.6) is 0 Å². The molecule has 3 fully saturated rings. The molecule has 0 aromatic rings. The maximum Gasteiger partial charge on any atom is 0.188 e. The van der Waals surface area contributed by atoms with Crippen LogP contribution in [0.25, 0.3) is 0 Å². The fraction of sp³-hybridized carbons (Fsp3) is 0.929. The summed E-state index contributed by atoms with van der Waals surface area (Å²) in [7, 11) is 0. The average molecular weight is 235 g/mol. The van der Waals surface area contributed by atoms with E-state index in [0.29, 0.717) is 17.4 Å². The molecule has 0 aromatic heterocycles. The van der Waals surface area contributed by atoms with Gasteiger partial charge in [0.05, 0.1) is 0 Å². The lowest BCUT2D eigenvalue weighted by atomic mass is 9.65. The van der Waals surface area contributed by atoms with Gasteiger partial charge in [-0.1, -0.05) is 19.3 Å². The topological polar surface area (TPSA) is 50.4 Å². The molecule has 3 nitrogen and oxygen atoms in total. The molecule has 3 N–H and O–H groups in total. The monoisotopic (exact) mass is 235 g/mol. The van der Waals surface area contributed by atoms with Crippen molar-refractivity contribution < 1.29 is 0 Å². The molecule has 0 atom stereocenters. The zero-order chi connectivity index (χ0) is 11.7. The summed E-state index contributed by atoms with van der Waals surface area (Å²) in [5.74, 6) is 1.67. The summed E-state index contributed by atoms with van der Waals surface area (Å²) in [6, 6.07) is 0.594. The lowest BCUT2D eigenvalue weighted by Crippen LogP contribution is -2.41. The van der Waals surface area contributed by atoms with Crippen LogP contribution in [0, 0.1) is 11.3 Å². The lowest BCUT2D eigenvalue weighted by Gasteiger charge is -2.41. The smallest absolute Gasteiger partial charge is 0.188 e. The molecule has 17 heavy (non-hydrogen) atoms. The van der Waals surface area contributed by atoms with Gasteiger partial charge in [0.25, 0.3) is 0 Å². The van der Waals surface area contributed by atoms with E-state index in [0.717, 1.165) is 12.5 Å². The largest absolute Gasteiger partial charge is 0.370 e. The minimum Gasteiger partial charge on any atom is -0.370 e. The number of nitrogens with zero attached hydrogens (tertiary/aromatic N) is 1. The van der Waals surface area contributed by atoms with Gasteiger partial charge in [-0.2, -0.15) is 0 Å². The molecule has 0 heterocycles. The van der Waals surface area contributed by atoms with Gasteiger partial charge in [-0.05, 0) is 49.9 Å². The van der Waals surface area contributed by atoms with Crippen LogP contribution in [0.4, 0.5) is 0 Å². The van der Waals surface area contributed by atoms with Crippen LogP contribution >= 0.6 is 0 Å². The van der Waals surface area contributed by atoms with Gasteiger partial charge in [0.1, 0.15) is 0 Å². The first-order valence-electron chi connectivity index (χ1n) is 7.35. The Bertz CT molecular complexity index is 297. The number of rotatable bonds is 4. The number of hydrogen-bond acceptors (Lipinski definition) is 1. The molecule has 0 amide bonds. The summed E-state index contributed by atoms with van der Waals surface area (Å²) < 4.78 is 0. The Balaban J connectivity index is 1.50. The Kier molecular flexibility index (Phi) is 3.01. The quantitative estimate of drug-likeness (QED) is 0.581. The Morgan fingerprint density at radius 3 is 2.35 bits per heavy atom. The highest BCUT2D eigenvalue weighted by atomic mass is 15.1. The second-order valence-electron chi connectivity index (χ2n) is 6.32. The summed E-state index contributed by atoms with van der Waals surface area (Å²) in [6.07, 6.45) is 12.3. The molecule has 0 saturated heterocycles. The number of hydrogen-bond donors (Lipinski definition) is 2. The van der Waals surface area contributed by atoms with E-state index >= 15 is 0 Å². The predicted molar refractivity (Wildman–Crippen MR) is 70.9 cm³/mol. The van der Waals surface area contributed by atoms with E-state index in [1.165, 1.54) is 57.8 Å². The van der Waals surface area contributed by atoms with Gasteiger partial charge in [0.15, 0.2) is 5.96 Å². The van der Waals surface area contributed by atoms with Crippen molar-refractivity contribution in [3.8, 4) is 0 Å². The normalized spacial score (nSPS) is 29.1. The number of nitrogens with one attached hydrogen (secondary N) is 1. The third kappa shape index (κ3) is 2.43. The molecular formula is C14H25N3. The first-order valence-corrected chi connectivity index (χ1v) is 7.35. The van der Waals surface area contributed by atoms with E-state index in [2.05, 4.69) is 10.3 Å². The van der Waals surface area contributed by atoms with E-state index in [-0.39, 0.29) is 0 Å². The highest BCUT2D eigenvalue weighted by molar-refractivity contribution is 5.78. The highest BCUT2D eigenvalue weighted by Gasteiger charge is 2.48. The van der Waals surface area contributed by atoms with Gasteiger partial charge < -0.3 is 11.1 Å². The van der Waals surface area contributed by atoms with Crippen molar-refractivity contribution in [3.63, 3.8) is 0 Å². The van der Waals surface area contributed by atoms with Crippen molar-refractivity contribution in [2.75, 3.05) is 6.54 Å². The number of aliphatic imine (C=N–C) groups is 1. The maximum absolute atomic E-state index is 6.00.